The Labute approximate surface area is 160 Å². The van der Waals surface area contributed by atoms with Crippen molar-refractivity contribution in [1.29, 1.82) is 0 Å². The van der Waals surface area contributed by atoms with E-state index in [1.165, 1.54) is 0 Å². The van der Waals surface area contributed by atoms with Crippen LogP contribution < -0.4 is 0 Å². The van der Waals surface area contributed by atoms with Crippen molar-refractivity contribution in [3.63, 3.8) is 0 Å². The molecular formula is C20H16BrNO2S. The maximum Gasteiger partial charge on any atom is 0.323 e. The number of fused-ring (bicyclic) bond motifs is 1. The van der Waals surface area contributed by atoms with Gasteiger partial charge in [0.1, 0.15) is 11.5 Å². The average Bonchev–Trinajstić information content (AvgIpc) is 2.61. The van der Waals surface area contributed by atoms with Crippen molar-refractivity contribution >= 4 is 49.9 Å². The number of hydrogen-bond donors (Lipinski definition) is 1. The summed E-state index contributed by atoms with van der Waals surface area (Å²) in [4.78, 5) is 13.6. The molecule has 3 aromatic rings. The summed E-state index contributed by atoms with van der Waals surface area (Å²) in [5.74, 6) is -0.903. The second kappa shape index (κ2) is 7.76. The van der Waals surface area contributed by atoms with Crippen LogP contribution in [0.4, 0.5) is 0 Å². The van der Waals surface area contributed by atoms with Crippen LogP contribution in [0.1, 0.15) is 11.1 Å². The summed E-state index contributed by atoms with van der Waals surface area (Å²) in [6.45, 7) is 0.314. The summed E-state index contributed by atoms with van der Waals surface area (Å²) in [5, 5.41) is 11.4. The number of benzene rings is 3. The maximum atomic E-state index is 11.3. The molecule has 0 aliphatic carbocycles. The molecule has 0 atom stereocenters. The van der Waals surface area contributed by atoms with Crippen molar-refractivity contribution < 1.29 is 9.90 Å². The van der Waals surface area contributed by atoms with E-state index in [1.54, 1.807) is 4.90 Å². The number of carboxylic acid groups (broad SMARTS) is 1. The molecule has 3 rings (SSSR count). The van der Waals surface area contributed by atoms with Crippen LogP contribution in [-0.2, 0) is 11.3 Å². The zero-order chi connectivity index (χ0) is 17.8. The second-order valence-electron chi connectivity index (χ2n) is 5.68. The molecule has 3 nitrogen and oxygen atoms in total. The number of hydrogen-bond acceptors (Lipinski definition) is 2. The third kappa shape index (κ3) is 4.06. The zero-order valence-electron chi connectivity index (χ0n) is 13.4. The molecule has 1 N–H and O–H groups in total. The van der Waals surface area contributed by atoms with Gasteiger partial charge in [0.25, 0.3) is 0 Å². The summed E-state index contributed by atoms with van der Waals surface area (Å²) in [6, 6.07) is 21.6. The summed E-state index contributed by atoms with van der Waals surface area (Å²) in [7, 11) is 0. The van der Waals surface area contributed by atoms with E-state index in [2.05, 4.69) is 15.9 Å². The van der Waals surface area contributed by atoms with Crippen molar-refractivity contribution in [2.75, 3.05) is 6.54 Å². The van der Waals surface area contributed by atoms with Gasteiger partial charge in [0.15, 0.2) is 0 Å². The Morgan fingerprint density at radius 3 is 2.36 bits per heavy atom. The highest BCUT2D eigenvalue weighted by Gasteiger charge is 2.17. The van der Waals surface area contributed by atoms with Gasteiger partial charge in [-0.3, -0.25) is 4.79 Å². The lowest BCUT2D eigenvalue weighted by atomic mass is 10.0. The third-order valence-corrected chi connectivity index (χ3v) is 5.10. The molecule has 0 unspecified atom stereocenters. The van der Waals surface area contributed by atoms with Crippen molar-refractivity contribution in [2.24, 2.45) is 0 Å². The third-order valence-electron chi connectivity index (χ3n) is 3.93. The number of carboxylic acids is 1. The van der Waals surface area contributed by atoms with Crippen LogP contribution in [0.25, 0.3) is 10.8 Å². The van der Waals surface area contributed by atoms with E-state index in [1.807, 2.05) is 66.7 Å². The van der Waals surface area contributed by atoms with Crippen LogP contribution in [0.5, 0.6) is 0 Å². The topological polar surface area (TPSA) is 40.5 Å². The van der Waals surface area contributed by atoms with Crippen LogP contribution in [0.3, 0.4) is 0 Å². The fraction of sp³-hybridized carbons (Fsp3) is 0.100. The highest BCUT2D eigenvalue weighted by molar-refractivity contribution is 9.10. The van der Waals surface area contributed by atoms with Crippen molar-refractivity contribution in [3.8, 4) is 0 Å². The van der Waals surface area contributed by atoms with Gasteiger partial charge >= 0.3 is 5.97 Å². The largest absolute Gasteiger partial charge is 0.480 e. The summed E-state index contributed by atoms with van der Waals surface area (Å²) >= 11 is 9.24. The predicted molar refractivity (Wildman–Crippen MR) is 108 cm³/mol. The fourth-order valence-electron chi connectivity index (χ4n) is 2.80. The second-order valence-corrected chi connectivity index (χ2v) is 6.92. The molecule has 0 aliphatic rings. The van der Waals surface area contributed by atoms with Gasteiger partial charge in [-0.15, -0.1) is 0 Å². The molecule has 5 heteroatoms. The standard InChI is InChI=1S/C20H16BrNO2S/c21-18-11-5-8-15-16(18)9-4-10-17(15)20(25)22(13-19(23)24)12-14-6-2-1-3-7-14/h1-11H,12-13H2,(H,23,24). The highest BCUT2D eigenvalue weighted by atomic mass is 79.9. The molecule has 25 heavy (non-hydrogen) atoms. The Hall–Kier alpha value is -2.24. The quantitative estimate of drug-likeness (QED) is 0.606. The van der Waals surface area contributed by atoms with Crippen LogP contribution in [0.15, 0.2) is 71.2 Å². The van der Waals surface area contributed by atoms with Crippen LogP contribution in [-0.4, -0.2) is 27.5 Å². The van der Waals surface area contributed by atoms with Gasteiger partial charge in [0.2, 0.25) is 0 Å². The average molecular weight is 414 g/mol. The van der Waals surface area contributed by atoms with Crippen molar-refractivity contribution in [2.45, 2.75) is 6.54 Å². The number of rotatable bonds is 5. The Morgan fingerprint density at radius 1 is 0.960 bits per heavy atom. The van der Waals surface area contributed by atoms with Crippen LogP contribution >= 0.6 is 28.1 Å². The lowest BCUT2D eigenvalue weighted by molar-refractivity contribution is -0.137. The van der Waals surface area contributed by atoms with Crippen molar-refractivity contribution in [3.05, 3.63) is 82.3 Å². The van der Waals surface area contributed by atoms with Crippen molar-refractivity contribution in [1.82, 2.24) is 4.90 Å². The van der Waals surface area contributed by atoms with Crippen LogP contribution in [0, 0.1) is 0 Å². The molecule has 0 bridgehead atoms. The summed E-state index contributed by atoms with van der Waals surface area (Å²) in [6.07, 6.45) is 0. The lowest BCUT2D eigenvalue weighted by Gasteiger charge is -2.24. The number of carbonyl (C=O) groups is 1. The first-order chi connectivity index (χ1) is 12.1. The van der Waals surface area contributed by atoms with E-state index in [0.29, 0.717) is 11.5 Å². The van der Waals surface area contributed by atoms with E-state index < -0.39 is 5.97 Å². The van der Waals surface area contributed by atoms with E-state index in [4.69, 9.17) is 12.2 Å². The first-order valence-electron chi connectivity index (χ1n) is 7.78. The normalized spacial score (nSPS) is 10.6. The van der Waals surface area contributed by atoms with Gasteiger partial charge in [-0.25, -0.2) is 0 Å². The molecule has 0 saturated carbocycles. The fourth-order valence-corrected chi connectivity index (χ4v) is 3.60. The lowest BCUT2D eigenvalue weighted by Crippen LogP contribution is -2.34. The number of thiocarbonyl (C=S) groups is 1. The number of halogens is 1. The molecule has 0 spiro atoms. The summed E-state index contributed by atoms with van der Waals surface area (Å²) in [5.41, 5.74) is 1.89. The molecule has 3 aromatic carbocycles. The first kappa shape index (κ1) is 17.6. The van der Waals surface area contributed by atoms with Gasteiger partial charge in [0, 0.05) is 16.6 Å². The molecule has 0 aromatic heterocycles. The van der Waals surface area contributed by atoms with E-state index in [9.17, 15) is 9.90 Å². The molecule has 0 heterocycles. The van der Waals surface area contributed by atoms with Gasteiger partial charge in [0.05, 0.1) is 0 Å². The molecule has 0 radical (unpaired) electrons. The minimum atomic E-state index is -0.903. The molecule has 0 fully saturated rings. The Kier molecular flexibility index (Phi) is 5.46. The molecule has 0 amide bonds. The van der Waals surface area contributed by atoms with Gasteiger partial charge in [-0.1, -0.05) is 88.8 Å². The monoisotopic (exact) mass is 413 g/mol. The van der Waals surface area contributed by atoms with E-state index in [-0.39, 0.29) is 6.54 Å². The van der Waals surface area contributed by atoms with E-state index >= 15 is 0 Å². The van der Waals surface area contributed by atoms with Crippen LogP contribution in [0.2, 0.25) is 0 Å². The Morgan fingerprint density at radius 2 is 1.64 bits per heavy atom. The smallest absolute Gasteiger partial charge is 0.323 e. The SMILES string of the molecule is O=C(O)CN(Cc1ccccc1)C(=S)c1cccc2c(Br)cccc12. The van der Waals surface area contributed by atoms with Gasteiger partial charge < -0.3 is 10.0 Å². The first-order valence-corrected chi connectivity index (χ1v) is 8.98. The Bertz CT molecular complexity index is 927. The minimum Gasteiger partial charge on any atom is -0.480 e. The molecule has 0 saturated heterocycles. The molecule has 126 valence electrons. The Balaban J connectivity index is 2.00. The molecule has 0 aliphatic heterocycles. The number of aliphatic carboxylic acids is 1. The minimum absolute atomic E-state index is 0.141. The van der Waals surface area contributed by atoms with Gasteiger partial charge in [-0.2, -0.15) is 0 Å². The summed E-state index contributed by atoms with van der Waals surface area (Å²) < 4.78 is 0.988. The number of nitrogens with zero attached hydrogens (tertiary/aromatic N) is 1. The highest BCUT2D eigenvalue weighted by Crippen LogP contribution is 2.27. The zero-order valence-corrected chi connectivity index (χ0v) is 15.8. The molecular weight excluding hydrogens is 398 g/mol. The van der Waals surface area contributed by atoms with E-state index in [0.717, 1.165) is 26.4 Å². The predicted octanol–water partition coefficient (Wildman–Crippen LogP) is 4.86. The maximum absolute atomic E-state index is 11.3. The van der Waals surface area contributed by atoms with Gasteiger partial charge in [-0.05, 0) is 22.4 Å².